The molecule has 1 rings (SSSR count). The van der Waals surface area contributed by atoms with Gasteiger partial charge in [-0.1, -0.05) is 0 Å². The van der Waals surface area contributed by atoms with Gasteiger partial charge in [-0.25, -0.2) is 4.39 Å². The van der Waals surface area contributed by atoms with E-state index in [1.165, 1.54) is 25.3 Å². The fraction of sp³-hybridized carbons (Fsp3) is 0.300. The molecule has 0 spiro atoms. The molecule has 0 aliphatic carbocycles. The molecular formula is C10H12FNO2. The molecule has 1 aromatic carbocycles. The van der Waals surface area contributed by atoms with Gasteiger partial charge in [-0.3, -0.25) is 4.79 Å². The van der Waals surface area contributed by atoms with Gasteiger partial charge in [0, 0.05) is 12.0 Å². The van der Waals surface area contributed by atoms with Crippen molar-refractivity contribution in [2.75, 3.05) is 13.7 Å². The molecule has 0 atom stereocenters. The topological polar surface area (TPSA) is 52.3 Å². The minimum Gasteiger partial charge on any atom is -0.494 e. The minimum atomic E-state index is -0.475. The molecule has 0 aliphatic rings. The zero-order chi connectivity index (χ0) is 10.6. The van der Waals surface area contributed by atoms with E-state index in [-0.39, 0.29) is 18.0 Å². The van der Waals surface area contributed by atoms with Crippen LogP contribution in [0.3, 0.4) is 0 Å². The van der Waals surface area contributed by atoms with Crippen LogP contribution < -0.4 is 10.5 Å². The van der Waals surface area contributed by atoms with Gasteiger partial charge < -0.3 is 10.5 Å². The van der Waals surface area contributed by atoms with Gasteiger partial charge in [0.2, 0.25) is 0 Å². The van der Waals surface area contributed by atoms with Gasteiger partial charge in [-0.15, -0.1) is 0 Å². The summed E-state index contributed by atoms with van der Waals surface area (Å²) >= 11 is 0. The van der Waals surface area contributed by atoms with Crippen LogP contribution in [0.4, 0.5) is 4.39 Å². The first-order valence-electron chi connectivity index (χ1n) is 4.26. The molecule has 76 valence electrons. The van der Waals surface area contributed by atoms with Crippen LogP contribution in [0.15, 0.2) is 18.2 Å². The van der Waals surface area contributed by atoms with Crippen LogP contribution in [0, 0.1) is 5.82 Å². The van der Waals surface area contributed by atoms with E-state index in [1.807, 2.05) is 0 Å². The zero-order valence-corrected chi connectivity index (χ0v) is 7.92. The number of hydrogen-bond acceptors (Lipinski definition) is 3. The van der Waals surface area contributed by atoms with Crippen LogP contribution in [-0.4, -0.2) is 19.4 Å². The van der Waals surface area contributed by atoms with E-state index < -0.39 is 5.82 Å². The number of carbonyl (C=O) groups excluding carboxylic acids is 1. The summed E-state index contributed by atoms with van der Waals surface area (Å²) in [5.41, 5.74) is 5.67. The minimum absolute atomic E-state index is 0.0767. The highest BCUT2D eigenvalue weighted by atomic mass is 19.1. The number of ketones is 1. The maximum Gasteiger partial charge on any atom is 0.165 e. The number of halogens is 1. The van der Waals surface area contributed by atoms with Crippen LogP contribution in [-0.2, 0) is 0 Å². The molecule has 0 heterocycles. The quantitative estimate of drug-likeness (QED) is 0.741. The fourth-order valence-electron chi connectivity index (χ4n) is 1.11. The molecule has 0 aromatic heterocycles. The number of methoxy groups -OCH3 is 1. The highest BCUT2D eigenvalue weighted by molar-refractivity contribution is 5.96. The smallest absolute Gasteiger partial charge is 0.165 e. The third-order valence-corrected chi connectivity index (χ3v) is 1.84. The molecule has 0 unspecified atom stereocenters. The Morgan fingerprint density at radius 3 is 2.86 bits per heavy atom. The number of ether oxygens (including phenoxy) is 1. The van der Waals surface area contributed by atoms with Crippen molar-refractivity contribution in [2.45, 2.75) is 6.42 Å². The molecule has 2 N–H and O–H groups in total. The average molecular weight is 197 g/mol. The normalized spacial score (nSPS) is 9.93. The van der Waals surface area contributed by atoms with Crippen LogP contribution in [0.25, 0.3) is 0 Å². The lowest BCUT2D eigenvalue weighted by Crippen LogP contribution is -2.08. The van der Waals surface area contributed by atoms with Gasteiger partial charge in [-0.05, 0) is 24.7 Å². The number of nitrogens with two attached hydrogens (primary N) is 1. The summed E-state index contributed by atoms with van der Waals surface area (Å²) < 4.78 is 17.7. The largest absolute Gasteiger partial charge is 0.494 e. The fourth-order valence-corrected chi connectivity index (χ4v) is 1.11. The highest BCUT2D eigenvalue weighted by Gasteiger charge is 2.08. The summed E-state index contributed by atoms with van der Waals surface area (Å²) in [5, 5.41) is 0. The van der Waals surface area contributed by atoms with Crippen molar-refractivity contribution in [3.05, 3.63) is 29.6 Å². The molecular weight excluding hydrogens is 185 g/mol. The molecule has 4 heteroatoms. The lowest BCUT2D eigenvalue weighted by Gasteiger charge is -2.04. The van der Waals surface area contributed by atoms with E-state index in [2.05, 4.69) is 0 Å². The molecule has 14 heavy (non-hydrogen) atoms. The molecule has 1 aromatic rings. The second kappa shape index (κ2) is 4.72. The van der Waals surface area contributed by atoms with Crippen molar-refractivity contribution in [2.24, 2.45) is 5.73 Å². The summed E-state index contributed by atoms with van der Waals surface area (Å²) in [7, 11) is 1.36. The standard InChI is InChI=1S/C10H12FNO2/c1-14-10-6-7(2-3-8(10)11)9(13)4-5-12/h2-3,6H,4-5,12H2,1H3. The Hall–Kier alpha value is -1.42. The predicted molar refractivity (Wildman–Crippen MR) is 51.0 cm³/mol. The molecule has 0 fully saturated rings. The third-order valence-electron chi connectivity index (χ3n) is 1.84. The Labute approximate surface area is 81.7 Å². The number of carbonyl (C=O) groups is 1. The molecule has 0 aliphatic heterocycles. The van der Waals surface area contributed by atoms with Gasteiger partial charge >= 0.3 is 0 Å². The number of hydrogen-bond donors (Lipinski definition) is 1. The van der Waals surface area contributed by atoms with Gasteiger partial charge in [0.05, 0.1) is 7.11 Å². The van der Waals surface area contributed by atoms with E-state index in [9.17, 15) is 9.18 Å². The second-order valence-corrected chi connectivity index (χ2v) is 2.81. The van der Waals surface area contributed by atoms with Crippen LogP contribution >= 0.6 is 0 Å². The summed E-state index contributed by atoms with van der Waals surface area (Å²) in [6.07, 6.45) is 0.259. The van der Waals surface area contributed by atoms with E-state index in [4.69, 9.17) is 10.5 Å². The number of Topliss-reactive ketones (excluding diaryl/α,β-unsaturated/α-hetero) is 1. The highest BCUT2D eigenvalue weighted by Crippen LogP contribution is 2.18. The Morgan fingerprint density at radius 1 is 1.57 bits per heavy atom. The van der Waals surface area contributed by atoms with E-state index in [0.29, 0.717) is 12.1 Å². The molecule has 0 bridgehead atoms. The molecule has 0 radical (unpaired) electrons. The van der Waals surface area contributed by atoms with Crippen molar-refractivity contribution < 1.29 is 13.9 Å². The van der Waals surface area contributed by atoms with Crippen LogP contribution in [0.2, 0.25) is 0 Å². The second-order valence-electron chi connectivity index (χ2n) is 2.81. The first-order valence-corrected chi connectivity index (χ1v) is 4.26. The number of rotatable bonds is 4. The van der Waals surface area contributed by atoms with Crippen LogP contribution in [0.5, 0.6) is 5.75 Å². The monoisotopic (exact) mass is 197 g/mol. The summed E-state index contributed by atoms with van der Waals surface area (Å²) in [4.78, 5) is 11.4. The third kappa shape index (κ3) is 2.29. The molecule has 0 saturated carbocycles. The average Bonchev–Trinajstić information content (AvgIpc) is 2.19. The Balaban J connectivity index is 2.94. The summed E-state index contributed by atoms with van der Waals surface area (Å²) in [6.45, 7) is 0.290. The first kappa shape index (κ1) is 10.7. The van der Waals surface area contributed by atoms with Crippen molar-refractivity contribution in [3.8, 4) is 5.75 Å². The Kier molecular flexibility index (Phi) is 3.59. The van der Waals surface area contributed by atoms with Crippen molar-refractivity contribution in [3.63, 3.8) is 0 Å². The van der Waals surface area contributed by atoms with E-state index in [0.717, 1.165) is 0 Å². The maximum atomic E-state index is 13.0. The van der Waals surface area contributed by atoms with Gasteiger partial charge in [-0.2, -0.15) is 0 Å². The Morgan fingerprint density at radius 2 is 2.29 bits per heavy atom. The van der Waals surface area contributed by atoms with E-state index >= 15 is 0 Å². The maximum absolute atomic E-state index is 13.0. The summed E-state index contributed by atoms with van der Waals surface area (Å²) in [5.74, 6) is -0.504. The van der Waals surface area contributed by atoms with Crippen molar-refractivity contribution >= 4 is 5.78 Å². The SMILES string of the molecule is COc1cc(C(=O)CCN)ccc1F. The van der Waals surface area contributed by atoms with Gasteiger partial charge in [0.25, 0.3) is 0 Å². The lowest BCUT2D eigenvalue weighted by molar-refractivity contribution is 0.0985. The molecule has 3 nitrogen and oxygen atoms in total. The van der Waals surface area contributed by atoms with Gasteiger partial charge in [0.15, 0.2) is 17.3 Å². The van der Waals surface area contributed by atoms with Crippen molar-refractivity contribution in [1.82, 2.24) is 0 Å². The predicted octanol–water partition coefficient (Wildman–Crippen LogP) is 1.37. The molecule has 0 amide bonds. The molecule has 0 saturated heterocycles. The Bertz CT molecular complexity index is 339. The van der Waals surface area contributed by atoms with E-state index in [1.54, 1.807) is 0 Å². The summed E-state index contributed by atoms with van der Waals surface area (Å²) in [6, 6.07) is 4.02. The van der Waals surface area contributed by atoms with Crippen molar-refractivity contribution in [1.29, 1.82) is 0 Å². The zero-order valence-electron chi connectivity index (χ0n) is 7.92. The van der Waals surface area contributed by atoms with Gasteiger partial charge in [0.1, 0.15) is 0 Å². The lowest BCUT2D eigenvalue weighted by atomic mass is 10.1. The van der Waals surface area contributed by atoms with Crippen LogP contribution in [0.1, 0.15) is 16.8 Å². The number of benzene rings is 1. The first-order chi connectivity index (χ1) is 6.69.